The van der Waals surface area contributed by atoms with Gasteiger partial charge in [0.1, 0.15) is 5.71 Å². The van der Waals surface area contributed by atoms with Gasteiger partial charge in [-0.05, 0) is 24.3 Å². The van der Waals surface area contributed by atoms with Crippen molar-refractivity contribution in [2.75, 3.05) is 31.2 Å². The summed E-state index contributed by atoms with van der Waals surface area (Å²) in [6.45, 7) is 2.79. The second kappa shape index (κ2) is 10.1. The van der Waals surface area contributed by atoms with Crippen LogP contribution in [0.15, 0.2) is 77.4 Å². The normalized spacial score (nSPS) is 17.7. The Morgan fingerprint density at radius 3 is 2.12 bits per heavy atom. The molecule has 174 valence electrons. The number of piperazine rings is 1. The standard InChI is InChI=1S/C24H23N5O5/c1-17(30)27-12-14-28(15-13-27)23(32)20(25-22(31)18-8-4-2-5-9-18)16-21-24(33)34-26-29(21)19-10-6-3-7-11-19/h2-11,16,26H,12-15H2,1H3/b21-16+,25-20?. The molecule has 0 atom stereocenters. The molecule has 2 heterocycles. The van der Waals surface area contributed by atoms with Crippen LogP contribution in [0.2, 0.25) is 0 Å². The number of hydrogen-bond acceptors (Lipinski definition) is 7. The number of anilines is 1. The molecule has 0 bridgehead atoms. The van der Waals surface area contributed by atoms with E-state index in [1.165, 1.54) is 22.9 Å². The van der Waals surface area contributed by atoms with E-state index in [0.29, 0.717) is 24.3 Å². The highest BCUT2D eigenvalue weighted by atomic mass is 16.7. The minimum absolute atomic E-state index is 0.00142. The largest absolute Gasteiger partial charge is 0.376 e. The zero-order valence-corrected chi connectivity index (χ0v) is 18.5. The number of hydrogen-bond donors (Lipinski definition) is 1. The van der Waals surface area contributed by atoms with Crippen LogP contribution >= 0.6 is 0 Å². The molecule has 0 saturated carbocycles. The van der Waals surface area contributed by atoms with E-state index in [9.17, 15) is 19.2 Å². The summed E-state index contributed by atoms with van der Waals surface area (Å²) in [5.41, 5.74) is 3.20. The van der Waals surface area contributed by atoms with Gasteiger partial charge in [-0.3, -0.25) is 14.4 Å². The van der Waals surface area contributed by atoms with E-state index in [2.05, 4.69) is 10.6 Å². The fraction of sp³-hybridized carbons (Fsp3) is 0.208. The van der Waals surface area contributed by atoms with Gasteiger partial charge in [0.15, 0.2) is 5.70 Å². The molecule has 4 rings (SSSR count). The Labute approximate surface area is 196 Å². The van der Waals surface area contributed by atoms with Gasteiger partial charge in [-0.2, -0.15) is 0 Å². The van der Waals surface area contributed by atoms with Crippen LogP contribution in [0.3, 0.4) is 0 Å². The molecule has 0 unspecified atom stereocenters. The van der Waals surface area contributed by atoms with Gasteiger partial charge in [0.2, 0.25) is 5.91 Å². The van der Waals surface area contributed by atoms with Crippen LogP contribution in [0, 0.1) is 0 Å². The summed E-state index contributed by atoms with van der Waals surface area (Å²) in [6, 6.07) is 17.2. The molecule has 0 radical (unpaired) electrons. The van der Waals surface area contributed by atoms with E-state index >= 15 is 0 Å². The van der Waals surface area contributed by atoms with Crippen molar-refractivity contribution in [2.24, 2.45) is 4.99 Å². The van der Waals surface area contributed by atoms with E-state index in [0.717, 1.165) is 0 Å². The number of aliphatic imine (C=N–C) groups is 1. The van der Waals surface area contributed by atoms with Crippen LogP contribution < -0.4 is 10.6 Å². The number of nitrogens with one attached hydrogen (secondary N) is 1. The van der Waals surface area contributed by atoms with Gasteiger partial charge < -0.3 is 14.6 Å². The number of nitrogens with zero attached hydrogens (tertiary/aromatic N) is 4. The van der Waals surface area contributed by atoms with Crippen molar-refractivity contribution in [2.45, 2.75) is 6.92 Å². The zero-order valence-electron chi connectivity index (χ0n) is 18.5. The van der Waals surface area contributed by atoms with E-state index in [4.69, 9.17) is 4.84 Å². The minimum Gasteiger partial charge on any atom is -0.345 e. The number of para-hydroxylation sites is 1. The van der Waals surface area contributed by atoms with Crippen LogP contribution in [0.5, 0.6) is 0 Å². The molecule has 10 heteroatoms. The molecule has 10 nitrogen and oxygen atoms in total. The monoisotopic (exact) mass is 461 g/mol. The summed E-state index contributed by atoms with van der Waals surface area (Å²) >= 11 is 0. The summed E-state index contributed by atoms with van der Waals surface area (Å²) in [7, 11) is 0. The van der Waals surface area contributed by atoms with Gasteiger partial charge in [0.25, 0.3) is 11.8 Å². The van der Waals surface area contributed by atoms with Gasteiger partial charge in [-0.15, -0.1) is 0 Å². The number of carbonyl (C=O) groups excluding carboxylic acids is 4. The van der Waals surface area contributed by atoms with E-state index in [1.807, 2.05) is 6.07 Å². The quantitative estimate of drug-likeness (QED) is 0.540. The Hall–Kier alpha value is -4.31. The fourth-order valence-corrected chi connectivity index (χ4v) is 3.58. The molecule has 34 heavy (non-hydrogen) atoms. The van der Waals surface area contributed by atoms with Crippen molar-refractivity contribution >= 4 is 35.1 Å². The van der Waals surface area contributed by atoms with Gasteiger partial charge in [-0.25, -0.2) is 14.8 Å². The van der Waals surface area contributed by atoms with Crippen molar-refractivity contribution in [3.8, 4) is 0 Å². The highest BCUT2D eigenvalue weighted by molar-refractivity contribution is 6.45. The Bertz CT molecular complexity index is 1150. The maximum absolute atomic E-state index is 13.4. The minimum atomic E-state index is -0.724. The van der Waals surface area contributed by atoms with Gasteiger partial charge >= 0.3 is 5.97 Å². The van der Waals surface area contributed by atoms with Gasteiger partial charge in [0, 0.05) is 44.7 Å². The van der Waals surface area contributed by atoms with Crippen molar-refractivity contribution in [1.29, 1.82) is 0 Å². The maximum Gasteiger partial charge on any atom is 0.376 e. The molecule has 2 saturated heterocycles. The van der Waals surface area contributed by atoms with Crippen LogP contribution in [-0.4, -0.2) is 65.4 Å². The molecular weight excluding hydrogens is 438 g/mol. The molecule has 2 aliphatic heterocycles. The molecule has 2 aromatic carbocycles. The molecule has 0 aromatic heterocycles. The first-order valence-corrected chi connectivity index (χ1v) is 10.7. The first-order chi connectivity index (χ1) is 16.4. The van der Waals surface area contributed by atoms with Gasteiger partial charge in [-0.1, -0.05) is 42.0 Å². The molecule has 2 aromatic rings. The third kappa shape index (κ3) is 5.02. The predicted octanol–water partition coefficient (Wildman–Crippen LogP) is 1.33. The molecule has 3 amide bonds. The zero-order chi connectivity index (χ0) is 24.1. The van der Waals surface area contributed by atoms with Crippen molar-refractivity contribution < 1.29 is 24.0 Å². The topological polar surface area (TPSA) is 112 Å². The lowest BCUT2D eigenvalue weighted by Crippen LogP contribution is -2.51. The van der Waals surface area contributed by atoms with Crippen molar-refractivity contribution in [3.05, 3.63) is 78.0 Å². The molecule has 0 aliphatic carbocycles. The summed E-state index contributed by atoms with van der Waals surface area (Å²) in [4.78, 5) is 62.4. The van der Waals surface area contributed by atoms with Crippen LogP contribution in [-0.2, 0) is 19.2 Å². The van der Waals surface area contributed by atoms with E-state index in [-0.39, 0.29) is 30.4 Å². The average Bonchev–Trinajstić information content (AvgIpc) is 3.24. The molecule has 2 aliphatic rings. The molecule has 1 N–H and O–H groups in total. The number of hydrazine groups is 1. The Morgan fingerprint density at radius 2 is 1.50 bits per heavy atom. The van der Waals surface area contributed by atoms with Crippen molar-refractivity contribution in [1.82, 2.24) is 15.4 Å². The molecular formula is C24H23N5O5. The summed E-state index contributed by atoms with van der Waals surface area (Å²) in [6.07, 6.45) is 1.25. The number of benzene rings is 2. The molecule has 0 spiro atoms. The first kappa shape index (κ1) is 22.9. The highest BCUT2D eigenvalue weighted by Crippen LogP contribution is 2.22. The Kier molecular flexibility index (Phi) is 6.79. The Morgan fingerprint density at radius 1 is 0.912 bits per heavy atom. The fourth-order valence-electron chi connectivity index (χ4n) is 3.58. The maximum atomic E-state index is 13.4. The number of carbonyl (C=O) groups is 4. The summed E-state index contributed by atoms with van der Waals surface area (Å²) < 4.78 is 0. The smallest absolute Gasteiger partial charge is 0.345 e. The van der Waals surface area contributed by atoms with Crippen LogP contribution in [0.25, 0.3) is 0 Å². The lowest BCUT2D eigenvalue weighted by atomic mass is 10.2. The number of amides is 3. The third-order valence-electron chi connectivity index (χ3n) is 5.44. The predicted molar refractivity (Wildman–Crippen MR) is 123 cm³/mol. The lowest BCUT2D eigenvalue weighted by Gasteiger charge is -2.34. The van der Waals surface area contributed by atoms with Crippen LogP contribution in [0.4, 0.5) is 5.69 Å². The summed E-state index contributed by atoms with van der Waals surface area (Å²) in [5.74, 6) is -1.93. The average molecular weight is 461 g/mol. The van der Waals surface area contributed by atoms with Gasteiger partial charge in [0.05, 0.1) is 5.69 Å². The second-order valence-electron chi connectivity index (χ2n) is 7.65. The lowest BCUT2D eigenvalue weighted by molar-refractivity contribution is -0.140. The number of rotatable bonds is 4. The second-order valence-corrected chi connectivity index (χ2v) is 7.65. The Balaban J connectivity index is 1.68. The summed E-state index contributed by atoms with van der Waals surface area (Å²) in [5, 5.41) is 1.37. The first-order valence-electron chi connectivity index (χ1n) is 10.7. The SMILES string of the molecule is CC(=O)N1CCN(C(=O)C(/C=C2\C(=O)ONN2c2ccccc2)=NC(=O)c2ccccc2)CC1. The molecule has 2 fully saturated rings. The van der Waals surface area contributed by atoms with E-state index in [1.54, 1.807) is 59.5 Å². The third-order valence-corrected chi connectivity index (χ3v) is 5.44. The van der Waals surface area contributed by atoms with E-state index < -0.39 is 17.8 Å². The van der Waals surface area contributed by atoms with Crippen molar-refractivity contribution in [3.63, 3.8) is 0 Å². The highest BCUT2D eigenvalue weighted by Gasteiger charge is 2.32. The van der Waals surface area contributed by atoms with Crippen LogP contribution in [0.1, 0.15) is 17.3 Å².